The molecule has 3 rings (SSSR count). The van der Waals surface area contributed by atoms with E-state index in [0.717, 1.165) is 0 Å². The number of carbonyl (C=O) groups is 2. The van der Waals surface area contributed by atoms with Crippen molar-refractivity contribution in [2.24, 2.45) is 0 Å². The number of aliphatic hydroxyl groups is 1. The Morgan fingerprint density at radius 1 is 0.696 bits per heavy atom. The van der Waals surface area contributed by atoms with Gasteiger partial charge in [0.05, 0.1) is 5.57 Å². The average molecular weight is 307 g/mol. The molecule has 1 aliphatic rings. The van der Waals surface area contributed by atoms with E-state index < -0.39 is 28.7 Å². The number of rotatable bonds is 2. The molecule has 0 saturated carbocycles. The molecule has 5 nitrogen and oxygen atoms in total. The number of phenols is 1. The van der Waals surface area contributed by atoms with Crippen molar-refractivity contribution in [3.05, 3.63) is 77.2 Å². The number of Topliss-reactive ketones (excluding diaryl/α,β-unsaturated/α-hetero) is 2. The van der Waals surface area contributed by atoms with E-state index in [4.69, 9.17) is 0 Å². The third-order valence-corrected chi connectivity index (χ3v) is 3.56. The topological polar surface area (TPSA) is 97.7 Å². The van der Waals surface area contributed by atoms with Crippen molar-refractivity contribution in [1.29, 1.82) is 0 Å². The highest BCUT2D eigenvalue weighted by Crippen LogP contribution is 2.33. The first-order valence-electron chi connectivity index (χ1n) is 6.79. The molecule has 1 aliphatic carbocycles. The fourth-order valence-electron chi connectivity index (χ4n) is 2.43. The minimum Gasteiger partial charge on any atom is -0.869 e. The zero-order valence-corrected chi connectivity index (χ0v) is 11.8. The summed E-state index contributed by atoms with van der Waals surface area (Å²) in [5.41, 5.74) is -0.207. The minimum absolute atomic E-state index is 0.0406. The number of hydrogen-bond acceptors (Lipinski definition) is 5. The molecule has 0 spiro atoms. The zero-order valence-electron chi connectivity index (χ0n) is 11.8. The van der Waals surface area contributed by atoms with Gasteiger partial charge in [-0.15, -0.1) is 0 Å². The number of ketones is 2. The van der Waals surface area contributed by atoms with E-state index in [1.54, 1.807) is 18.2 Å². The predicted molar refractivity (Wildman–Crippen MR) is 81.0 cm³/mol. The lowest BCUT2D eigenvalue weighted by Crippen LogP contribution is -2.28. The highest BCUT2D eigenvalue weighted by molar-refractivity contribution is 6.46. The van der Waals surface area contributed by atoms with Crippen molar-refractivity contribution in [2.45, 2.75) is 0 Å². The molecule has 0 atom stereocenters. The number of hydrogen-bond donors (Lipinski definition) is 2. The summed E-state index contributed by atoms with van der Waals surface area (Å²) in [5, 5.41) is 31.8. The number of carbonyl (C=O) groups excluding carboxylic acids is 2. The summed E-state index contributed by atoms with van der Waals surface area (Å²) >= 11 is 0. The first kappa shape index (κ1) is 14.6. The van der Waals surface area contributed by atoms with Gasteiger partial charge in [0.15, 0.2) is 11.5 Å². The van der Waals surface area contributed by atoms with Crippen molar-refractivity contribution >= 4 is 22.7 Å². The van der Waals surface area contributed by atoms with Gasteiger partial charge >= 0.3 is 0 Å². The molecule has 0 unspecified atom stereocenters. The van der Waals surface area contributed by atoms with Gasteiger partial charge < -0.3 is 15.3 Å². The van der Waals surface area contributed by atoms with Gasteiger partial charge in [0.25, 0.3) is 0 Å². The highest BCUT2D eigenvalue weighted by atomic mass is 16.3. The van der Waals surface area contributed by atoms with Gasteiger partial charge in [0.2, 0.25) is 5.78 Å². The van der Waals surface area contributed by atoms with Gasteiger partial charge in [-0.05, 0) is 29.0 Å². The van der Waals surface area contributed by atoms with Crippen LogP contribution >= 0.6 is 0 Å². The Kier molecular flexibility index (Phi) is 3.46. The SMILES string of the molecule is O=C1C(O)=C(c2ccccc2)C(=O)C([O-])=C1c1ccc(O)cc1. The minimum atomic E-state index is -0.975. The quantitative estimate of drug-likeness (QED) is 0.821. The van der Waals surface area contributed by atoms with Crippen LogP contribution in [0.3, 0.4) is 0 Å². The summed E-state index contributed by atoms with van der Waals surface area (Å²) in [6.07, 6.45) is 0. The van der Waals surface area contributed by atoms with Crippen molar-refractivity contribution in [3.63, 3.8) is 0 Å². The standard InChI is InChI=1S/C18H12O5/c19-12-8-6-11(7-9-12)14-17(22)15(20)13(16(21)18(14)23)10-4-2-1-3-5-10/h1-9,19-20,23H/p-1. The molecule has 0 aliphatic heterocycles. The maximum Gasteiger partial charge on any atom is 0.228 e. The maximum atomic E-state index is 12.4. The molecule has 23 heavy (non-hydrogen) atoms. The summed E-state index contributed by atoms with van der Waals surface area (Å²) < 4.78 is 0. The number of phenolic OH excluding ortho intramolecular Hbond substituents is 1. The average Bonchev–Trinajstić information content (AvgIpc) is 2.56. The van der Waals surface area contributed by atoms with E-state index in [9.17, 15) is 24.9 Å². The monoisotopic (exact) mass is 307 g/mol. The lowest BCUT2D eigenvalue weighted by molar-refractivity contribution is -0.295. The maximum absolute atomic E-state index is 12.4. The molecule has 0 bridgehead atoms. The van der Waals surface area contributed by atoms with E-state index in [2.05, 4.69) is 0 Å². The van der Waals surface area contributed by atoms with Crippen LogP contribution in [0.25, 0.3) is 11.1 Å². The van der Waals surface area contributed by atoms with Gasteiger partial charge in [0, 0.05) is 5.57 Å². The molecule has 0 saturated heterocycles. The Bertz CT molecular complexity index is 858. The molecule has 0 amide bonds. The van der Waals surface area contributed by atoms with Crippen molar-refractivity contribution in [3.8, 4) is 5.75 Å². The van der Waals surface area contributed by atoms with Crippen LogP contribution in [-0.4, -0.2) is 21.8 Å². The molecule has 0 fully saturated rings. The Balaban J connectivity index is 2.14. The van der Waals surface area contributed by atoms with Gasteiger partial charge in [-0.25, -0.2) is 0 Å². The predicted octanol–water partition coefficient (Wildman–Crippen LogP) is 1.58. The van der Waals surface area contributed by atoms with E-state index in [1.165, 1.54) is 36.4 Å². The Hall–Kier alpha value is -3.34. The van der Waals surface area contributed by atoms with Crippen molar-refractivity contribution < 1.29 is 24.9 Å². The number of aliphatic hydroxyl groups excluding tert-OH is 1. The lowest BCUT2D eigenvalue weighted by atomic mass is 9.86. The summed E-state index contributed by atoms with van der Waals surface area (Å²) in [6.45, 7) is 0. The Morgan fingerprint density at radius 2 is 1.26 bits per heavy atom. The van der Waals surface area contributed by atoms with Crippen LogP contribution in [0.5, 0.6) is 5.75 Å². The summed E-state index contributed by atoms with van der Waals surface area (Å²) in [4.78, 5) is 24.7. The van der Waals surface area contributed by atoms with E-state index in [0.29, 0.717) is 5.56 Å². The molecular weight excluding hydrogens is 296 g/mol. The van der Waals surface area contributed by atoms with Gasteiger partial charge in [0.1, 0.15) is 5.75 Å². The highest BCUT2D eigenvalue weighted by Gasteiger charge is 2.31. The van der Waals surface area contributed by atoms with Gasteiger partial charge in [-0.3, -0.25) is 9.59 Å². The van der Waals surface area contributed by atoms with Crippen LogP contribution in [0.4, 0.5) is 0 Å². The molecule has 0 aromatic heterocycles. The van der Waals surface area contributed by atoms with Crippen LogP contribution in [-0.2, 0) is 9.59 Å². The molecule has 114 valence electrons. The van der Waals surface area contributed by atoms with Crippen molar-refractivity contribution in [1.82, 2.24) is 0 Å². The van der Waals surface area contributed by atoms with E-state index >= 15 is 0 Å². The number of benzene rings is 2. The normalized spacial score (nSPS) is 15.3. The van der Waals surface area contributed by atoms with Crippen LogP contribution in [0.15, 0.2) is 66.1 Å². The second-order valence-electron chi connectivity index (χ2n) is 5.00. The largest absolute Gasteiger partial charge is 0.869 e. The van der Waals surface area contributed by atoms with Gasteiger partial charge in [-0.1, -0.05) is 42.5 Å². The third-order valence-electron chi connectivity index (χ3n) is 3.56. The number of aromatic hydroxyl groups is 1. The summed E-state index contributed by atoms with van der Waals surface area (Å²) in [6, 6.07) is 13.3. The second kappa shape index (κ2) is 5.46. The van der Waals surface area contributed by atoms with E-state index in [1.807, 2.05) is 0 Å². The molecule has 2 aromatic rings. The fraction of sp³-hybridized carbons (Fsp3) is 0. The Labute approximate surface area is 131 Å². The van der Waals surface area contributed by atoms with Crippen molar-refractivity contribution in [2.75, 3.05) is 0 Å². The molecule has 5 heteroatoms. The zero-order chi connectivity index (χ0) is 16.6. The molecular formula is C18H11O5-. The number of allylic oxidation sites excluding steroid dienone is 2. The summed E-state index contributed by atoms with van der Waals surface area (Å²) in [7, 11) is 0. The van der Waals surface area contributed by atoms with Crippen LogP contribution in [0.2, 0.25) is 0 Å². The van der Waals surface area contributed by atoms with Crippen LogP contribution < -0.4 is 5.11 Å². The van der Waals surface area contributed by atoms with E-state index in [-0.39, 0.29) is 16.9 Å². The lowest BCUT2D eigenvalue weighted by Gasteiger charge is -2.24. The van der Waals surface area contributed by atoms with Crippen LogP contribution in [0, 0.1) is 0 Å². The van der Waals surface area contributed by atoms with Crippen LogP contribution in [0.1, 0.15) is 11.1 Å². The molecule has 0 radical (unpaired) electrons. The fourth-order valence-corrected chi connectivity index (χ4v) is 2.43. The molecule has 2 aromatic carbocycles. The second-order valence-corrected chi connectivity index (χ2v) is 5.00. The van der Waals surface area contributed by atoms with Gasteiger partial charge in [-0.2, -0.15) is 0 Å². The molecule has 0 heterocycles. The smallest absolute Gasteiger partial charge is 0.228 e. The first-order chi connectivity index (χ1) is 11.0. The molecule has 2 N–H and O–H groups in total. The third kappa shape index (κ3) is 2.38. The Morgan fingerprint density at radius 3 is 1.87 bits per heavy atom. The summed E-state index contributed by atoms with van der Waals surface area (Å²) in [5.74, 6) is -3.60. The first-order valence-corrected chi connectivity index (χ1v) is 6.79.